The van der Waals surface area contributed by atoms with E-state index in [0.29, 0.717) is 30.3 Å². The molecule has 1 aromatic rings. The van der Waals surface area contributed by atoms with Crippen LogP contribution in [0.5, 0.6) is 0 Å². The molecule has 1 aromatic carbocycles. The van der Waals surface area contributed by atoms with E-state index in [9.17, 15) is 9.59 Å². The minimum Gasteiger partial charge on any atom is -0.462 e. The summed E-state index contributed by atoms with van der Waals surface area (Å²) in [6.45, 7) is 7.24. The summed E-state index contributed by atoms with van der Waals surface area (Å²) in [7, 11) is 0. The van der Waals surface area contributed by atoms with Crippen LogP contribution in [0.25, 0.3) is 0 Å². The minimum absolute atomic E-state index is 0.377. The maximum atomic E-state index is 12.2. The fraction of sp³-hybridized carbons (Fsp3) is 0.667. The summed E-state index contributed by atoms with van der Waals surface area (Å²) in [5, 5.41) is 0. The Morgan fingerprint density at radius 2 is 1.32 bits per heavy atom. The van der Waals surface area contributed by atoms with Gasteiger partial charge in [-0.05, 0) is 30.5 Å². The van der Waals surface area contributed by atoms with Crippen molar-refractivity contribution in [3.05, 3.63) is 35.4 Å². The van der Waals surface area contributed by atoms with Crippen molar-refractivity contribution >= 4 is 11.9 Å². The Morgan fingerprint density at radius 1 is 0.786 bits per heavy atom. The van der Waals surface area contributed by atoms with Crippen LogP contribution in [0.15, 0.2) is 24.3 Å². The van der Waals surface area contributed by atoms with Gasteiger partial charge in [0.25, 0.3) is 0 Å². The normalized spacial score (nSPS) is 10.9. The van der Waals surface area contributed by atoms with Crippen molar-refractivity contribution in [1.29, 1.82) is 0 Å². The Bertz CT molecular complexity index is 563. The Kier molecular flexibility index (Phi) is 13.1. The fourth-order valence-corrected chi connectivity index (χ4v) is 3.06. The minimum atomic E-state index is -0.385. The van der Waals surface area contributed by atoms with Crippen molar-refractivity contribution < 1.29 is 19.1 Å². The molecule has 1 rings (SSSR count). The Hall–Kier alpha value is -1.84. The highest BCUT2D eigenvalue weighted by Gasteiger charge is 2.14. The molecule has 4 nitrogen and oxygen atoms in total. The largest absolute Gasteiger partial charge is 0.462 e. The second-order valence-electron chi connectivity index (χ2n) is 7.47. The Labute approximate surface area is 171 Å². The lowest BCUT2D eigenvalue weighted by Crippen LogP contribution is -2.14. The van der Waals surface area contributed by atoms with E-state index in [1.54, 1.807) is 24.3 Å². The van der Waals surface area contributed by atoms with E-state index in [2.05, 4.69) is 20.8 Å². The van der Waals surface area contributed by atoms with E-state index in [1.807, 2.05) is 0 Å². The van der Waals surface area contributed by atoms with Crippen LogP contribution < -0.4 is 0 Å². The lowest BCUT2D eigenvalue weighted by molar-refractivity contribution is 0.0433. The number of hydrogen-bond acceptors (Lipinski definition) is 4. The van der Waals surface area contributed by atoms with Gasteiger partial charge in [0, 0.05) is 0 Å². The summed E-state index contributed by atoms with van der Waals surface area (Å²) in [6, 6.07) is 6.60. The van der Waals surface area contributed by atoms with Gasteiger partial charge in [0.05, 0.1) is 24.3 Å². The van der Waals surface area contributed by atoms with Crippen LogP contribution in [0.1, 0.15) is 106 Å². The average Bonchev–Trinajstić information content (AvgIpc) is 2.73. The molecule has 0 aliphatic rings. The van der Waals surface area contributed by atoms with Gasteiger partial charge in [-0.2, -0.15) is 0 Å². The number of benzene rings is 1. The number of hydrogen-bond donors (Lipinski definition) is 0. The van der Waals surface area contributed by atoms with E-state index in [4.69, 9.17) is 9.47 Å². The third-order valence-corrected chi connectivity index (χ3v) is 5.17. The molecule has 0 aliphatic carbocycles. The number of rotatable bonds is 15. The first kappa shape index (κ1) is 24.2. The van der Waals surface area contributed by atoms with Crippen LogP contribution in [-0.2, 0) is 9.47 Å². The Morgan fingerprint density at radius 3 is 1.89 bits per heavy atom. The molecule has 0 radical (unpaired) electrons. The van der Waals surface area contributed by atoms with Crippen LogP contribution in [-0.4, -0.2) is 25.2 Å². The molecular formula is C24H38O4. The van der Waals surface area contributed by atoms with Crippen molar-refractivity contribution in [2.45, 2.75) is 85.0 Å². The lowest BCUT2D eigenvalue weighted by Gasteiger charge is -2.13. The van der Waals surface area contributed by atoms with Gasteiger partial charge >= 0.3 is 11.9 Å². The molecule has 0 saturated heterocycles. The van der Waals surface area contributed by atoms with Crippen LogP contribution in [0.4, 0.5) is 0 Å². The predicted octanol–water partition coefficient (Wildman–Crippen LogP) is 6.58. The number of esters is 2. The van der Waals surface area contributed by atoms with Gasteiger partial charge in [-0.25, -0.2) is 9.59 Å². The monoisotopic (exact) mass is 390 g/mol. The maximum absolute atomic E-state index is 12.2. The molecule has 0 bridgehead atoms. The van der Waals surface area contributed by atoms with Crippen molar-refractivity contribution in [3.8, 4) is 0 Å². The van der Waals surface area contributed by atoms with Crippen LogP contribution in [0, 0.1) is 5.92 Å². The molecule has 0 amide bonds. The molecule has 0 atom stereocenters. The zero-order valence-corrected chi connectivity index (χ0v) is 18.0. The van der Waals surface area contributed by atoms with E-state index in [0.717, 1.165) is 25.7 Å². The second kappa shape index (κ2) is 15.1. The summed E-state index contributed by atoms with van der Waals surface area (Å²) < 4.78 is 10.7. The lowest BCUT2D eigenvalue weighted by atomic mass is 10.1. The first-order valence-corrected chi connectivity index (χ1v) is 11.1. The van der Waals surface area contributed by atoms with Crippen LogP contribution >= 0.6 is 0 Å². The number of carbonyl (C=O) groups excluding carboxylic acids is 2. The van der Waals surface area contributed by atoms with Crippen molar-refractivity contribution in [3.63, 3.8) is 0 Å². The van der Waals surface area contributed by atoms with Gasteiger partial charge in [-0.3, -0.25) is 0 Å². The molecule has 158 valence electrons. The average molecular weight is 391 g/mol. The summed E-state index contributed by atoms with van der Waals surface area (Å²) in [4.78, 5) is 24.4. The topological polar surface area (TPSA) is 52.6 Å². The summed E-state index contributed by atoms with van der Waals surface area (Å²) in [5.74, 6) is -0.383. The molecule has 28 heavy (non-hydrogen) atoms. The molecule has 0 spiro atoms. The van der Waals surface area contributed by atoms with Crippen molar-refractivity contribution in [1.82, 2.24) is 0 Å². The van der Waals surface area contributed by atoms with Gasteiger partial charge in [-0.15, -0.1) is 0 Å². The number of ether oxygens (including phenoxy) is 2. The van der Waals surface area contributed by atoms with Gasteiger partial charge in [0.2, 0.25) is 0 Å². The van der Waals surface area contributed by atoms with E-state index >= 15 is 0 Å². The molecule has 0 aliphatic heterocycles. The van der Waals surface area contributed by atoms with Crippen LogP contribution in [0.3, 0.4) is 0 Å². The van der Waals surface area contributed by atoms with Gasteiger partial charge in [0.15, 0.2) is 0 Å². The molecular weight excluding hydrogens is 352 g/mol. The third kappa shape index (κ3) is 9.91. The SMILES string of the molecule is CCCCCCCCCCOC(=O)c1cccc(C(=O)OCC(CC)CC)c1. The molecule has 0 N–H and O–H groups in total. The third-order valence-electron chi connectivity index (χ3n) is 5.17. The van der Waals surface area contributed by atoms with E-state index in [1.165, 1.54) is 38.5 Å². The second-order valence-corrected chi connectivity index (χ2v) is 7.47. The Balaban J connectivity index is 2.32. The molecule has 0 saturated carbocycles. The summed E-state index contributed by atoms with van der Waals surface area (Å²) >= 11 is 0. The highest BCUT2D eigenvalue weighted by Crippen LogP contribution is 2.13. The molecule has 0 aromatic heterocycles. The van der Waals surface area contributed by atoms with E-state index < -0.39 is 0 Å². The first-order valence-electron chi connectivity index (χ1n) is 11.1. The first-order chi connectivity index (χ1) is 13.6. The number of carbonyl (C=O) groups is 2. The maximum Gasteiger partial charge on any atom is 0.338 e. The van der Waals surface area contributed by atoms with E-state index in [-0.39, 0.29) is 11.9 Å². The van der Waals surface area contributed by atoms with Crippen molar-refractivity contribution in [2.75, 3.05) is 13.2 Å². The molecule has 0 fully saturated rings. The predicted molar refractivity (Wildman–Crippen MR) is 114 cm³/mol. The standard InChI is InChI=1S/C24H38O4/c1-4-7-8-9-10-11-12-13-17-27-23(25)21-15-14-16-22(18-21)24(26)28-19-20(5-2)6-3/h14-16,18,20H,4-13,17,19H2,1-3H3. The molecule has 0 unspecified atom stereocenters. The quantitative estimate of drug-likeness (QED) is 0.251. The number of unbranched alkanes of at least 4 members (excludes halogenated alkanes) is 7. The zero-order chi connectivity index (χ0) is 20.6. The van der Waals surface area contributed by atoms with Gasteiger partial charge in [0.1, 0.15) is 0 Å². The molecule has 4 heteroatoms. The van der Waals surface area contributed by atoms with Crippen molar-refractivity contribution in [2.24, 2.45) is 5.92 Å². The van der Waals surface area contributed by atoms with Gasteiger partial charge in [-0.1, -0.05) is 84.6 Å². The highest BCUT2D eigenvalue weighted by atomic mass is 16.5. The summed E-state index contributed by atoms with van der Waals surface area (Å²) in [5.41, 5.74) is 0.795. The highest BCUT2D eigenvalue weighted by molar-refractivity contribution is 5.95. The van der Waals surface area contributed by atoms with Gasteiger partial charge < -0.3 is 9.47 Å². The molecule has 0 heterocycles. The summed E-state index contributed by atoms with van der Waals surface area (Å²) in [6.07, 6.45) is 11.6. The zero-order valence-electron chi connectivity index (χ0n) is 18.0. The van der Waals surface area contributed by atoms with Crippen LogP contribution in [0.2, 0.25) is 0 Å². The fourth-order valence-electron chi connectivity index (χ4n) is 3.06. The smallest absolute Gasteiger partial charge is 0.338 e.